The number of thioether (sulfide) groups is 1. The first-order chi connectivity index (χ1) is 17.7. The summed E-state index contributed by atoms with van der Waals surface area (Å²) in [5, 5.41) is 2.64. The number of hydrogen-bond donors (Lipinski definition) is 1. The number of carbonyl (C=O) groups excluding carboxylic acids is 2. The number of fused-ring (bicyclic) bond motifs is 1. The van der Waals surface area contributed by atoms with E-state index in [0.29, 0.717) is 27.2 Å². The lowest BCUT2D eigenvalue weighted by atomic mass is 9.85. The molecule has 3 aliphatic heterocycles. The third kappa shape index (κ3) is 6.06. The minimum absolute atomic E-state index is 0.000436. The van der Waals surface area contributed by atoms with Crippen molar-refractivity contribution in [3.8, 4) is 5.75 Å². The third-order valence-corrected chi connectivity index (χ3v) is 7.80. The van der Waals surface area contributed by atoms with Gasteiger partial charge in [-0.15, -0.1) is 0 Å². The molecular weight excluding hydrogens is 506 g/mol. The van der Waals surface area contributed by atoms with Gasteiger partial charge in [0.2, 0.25) is 0 Å². The van der Waals surface area contributed by atoms with E-state index in [1.807, 2.05) is 18.2 Å². The van der Waals surface area contributed by atoms with Gasteiger partial charge in [-0.1, -0.05) is 69.0 Å². The number of nitrogens with one attached hydrogen (secondary N) is 1. The SMILES string of the molecule is CC(C)(C)c1cc(CN2CCOCC2)cc(CN2C(=O)COc3ccc(/C=C4\SC(=S)NC4=O)cc32)c1. The van der Waals surface area contributed by atoms with Crippen LogP contribution in [0.25, 0.3) is 6.08 Å². The smallest absolute Gasteiger partial charge is 0.265 e. The standard InChI is InChI=1S/C28H31N3O4S2/c1-28(2,3)21-11-19(15-30-6-8-34-9-7-30)10-20(12-21)16-31-22-13-18(4-5-23(22)35-17-25(31)32)14-24-26(33)29-27(36)37-24/h4-5,10-14H,6-9,15-17H2,1-3H3,(H,29,33,36)/b24-14-. The summed E-state index contributed by atoms with van der Waals surface area (Å²) < 4.78 is 11.7. The highest BCUT2D eigenvalue weighted by molar-refractivity contribution is 8.26. The first kappa shape index (κ1) is 25.9. The van der Waals surface area contributed by atoms with Gasteiger partial charge in [0, 0.05) is 19.6 Å². The van der Waals surface area contributed by atoms with E-state index >= 15 is 0 Å². The quantitative estimate of drug-likeness (QED) is 0.452. The van der Waals surface area contributed by atoms with Gasteiger partial charge in [-0.05, 0) is 45.9 Å². The summed E-state index contributed by atoms with van der Waals surface area (Å²) in [5.41, 5.74) is 5.05. The Labute approximate surface area is 227 Å². The van der Waals surface area contributed by atoms with Crippen molar-refractivity contribution in [2.45, 2.75) is 39.3 Å². The summed E-state index contributed by atoms with van der Waals surface area (Å²) in [6.07, 6.45) is 1.79. The number of morpholine rings is 1. The maximum atomic E-state index is 13.1. The van der Waals surface area contributed by atoms with Crippen LogP contribution in [-0.4, -0.2) is 53.9 Å². The van der Waals surface area contributed by atoms with E-state index in [1.165, 1.54) is 22.9 Å². The Kier molecular flexibility index (Phi) is 7.40. The van der Waals surface area contributed by atoms with Crippen LogP contribution in [0.1, 0.15) is 43.0 Å². The molecule has 2 fully saturated rings. The van der Waals surface area contributed by atoms with Crippen LogP contribution in [0, 0.1) is 0 Å². The molecule has 0 radical (unpaired) electrons. The van der Waals surface area contributed by atoms with Crippen LogP contribution in [0.4, 0.5) is 5.69 Å². The van der Waals surface area contributed by atoms with Gasteiger partial charge in [-0.2, -0.15) is 0 Å². The number of anilines is 1. The van der Waals surface area contributed by atoms with Gasteiger partial charge in [0.15, 0.2) is 6.61 Å². The van der Waals surface area contributed by atoms with E-state index in [4.69, 9.17) is 21.7 Å². The zero-order valence-electron chi connectivity index (χ0n) is 21.3. The normalized spacial score (nSPS) is 19.7. The molecule has 0 bridgehead atoms. The summed E-state index contributed by atoms with van der Waals surface area (Å²) in [6, 6.07) is 12.3. The predicted octanol–water partition coefficient (Wildman–Crippen LogP) is 4.23. The van der Waals surface area contributed by atoms with Gasteiger partial charge >= 0.3 is 0 Å². The molecule has 194 valence electrons. The van der Waals surface area contributed by atoms with E-state index in [1.54, 1.807) is 11.0 Å². The first-order valence-corrected chi connectivity index (χ1v) is 13.6. The van der Waals surface area contributed by atoms with E-state index < -0.39 is 0 Å². The summed E-state index contributed by atoms with van der Waals surface area (Å²) in [4.78, 5) is 29.9. The van der Waals surface area contributed by atoms with Crippen LogP contribution in [0.2, 0.25) is 0 Å². The first-order valence-electron chi connectivity index (χ1n) is 12.4. The Morgan fingerprint density at radius 3 is 2.46 bits per heavy atom. The number of nitrogens with zero attached hydrogens (tertiary/aromatic N) is 2. The van der Waals surface area contributed by atoms with Crippen molar-refractivity contribution < 1.29 is 19.1 Å². The molecule has 2 saturated heterocycles. The fourth-order valence-corrected chi connectivity index (χ4v) is 5.68. The summed E-state index contributed by atoms with van der Waals surface area (Å²) in [5.74, 6) is 0.354. The predicted molar refractivity (Wildman–Crippen MR) is 151 cm³/mol. The van der Waals surface area contributed by atoms with E-state index in [0.717, 1.165) is 44.0 Å². The molecule has 2 amide bonds. The molecule has 0 aromatic heterocycles. The second-order valence-electron chi connectivity index (χ2n) is 10.5. The maximum absolute atomic E-state index is 13.1. The molecule has 3 aliphatic rings. The Morgan fingerprint density at radius 2 is 1.78 bits per heavy atom. The second-order valence-corrected chi connectivity index (χ2v) is 12.2. The molecule has 0 aliphatic carbocycles. The fourth-order valence-electron chi connectivity index (χ4n) is 4.63. The van der Waals surface area contributed by atoms with Crippen LogP contribution in [0.3, 0.4) is 0 Å². The Morgan fingerprint density at radius 1 is 1.05 bits per heavy atom. The second kappa shape index (κ2) is 10.6. The molecule has 0 spiro atoms. The highest BCUT2D eigenvalue weighted by atomic mass is 32.2. The van der Waals surface area contributed by atoms with Crippen molar-refractivity contribution in [2.75, 3.05) is 37.8 Å². The van der Waals surface area contributed by atoms with Crippen LogP contribution in [0.15, 0.2) is 41.3 Å². The molecule has 7 nitrogen and oxygen atoms in total. The number of amides is 2. The summed E-state index contributed by atoms with van der Waals surface area (Å²) in [6.45, 7) is 11.3. The molecular formula is C28H31N3O4S2. The molecule has 0 atom stereocenters. The molecule has 2 aromatic carbocycles. The Hall–Kier alpha value is -2.72. The Bertz CT molecular complexity index is 1280. The minimum atomic E-state index is -0.205. The van der Waals surface area contributed by atoms with E-state index in [9.17, 15) is 9.59 Å². The lowest BCUT2D eigenvalue weighted by Gasteiger charge is -2.31. The highest BCUT2D eigenvalue weighted by Crippen LogP contribution is 2.36. The summed E-state index contributed by atoms with van der Waals surface area (Å²) >= 11 is 6.34. The lowest BCUT2D eigenvalue weighted by Crippen LogP contribution is -2.38. The molecule has 3 heterocycles. The van der Waals surface area contributed by atoms with Crippen molar-refractivity contribution in [3.63, 3.8) is 0 Å². The highest BCUT2D eigenvalue weighted by Gasteiger charge is 2.28. The molecule has 37 heavy (non-hydrogen) atoms. The molecule has 2 aromatic rings. The van der Waals surface area contributed by atoms with Crippen LogP contribution < -0.4 is 15.0 Å². The molecule has 9 heteroatoms. The number of benzene rings is 2. The minimum Gasteiger partial charge on any atom is -0.482 e. The zero-order chi connectivity index (χ0) is 26.2. The van der Waals surface area contributed by atoms with Crippen molar-refractivity contribution in [1.82, 2.24) is 10.2 Å². The number of thiocarbonyl (C=S) groups is 1. The van der Waals surface area contributed by atoms with Crippen molar-refractivity contribution in [1.29, 1.82) is 0 Å². The van der Waals surface area contributed by atoms with Crippen molar-refractivity contribution in [3.05, 3.63) is 63.6 Å². The molecule has 5 rings (SSSR count). The number of ether oxygens (including phenoxy) is 2. The topological polar surface area (TPSA) is 71.1 Å². The number of carbonyl (C=O) groups is 2. The molecule has 1 N–H and O–H groups in total. The maximum Gasteiger partial charge on any atom is 0.265 e. The van der Waals surface area contributed by atoms with Crippen LogP contribution in [0.5, 0.6) is 5.75 Å². The number of rotatable bonds is 5. The third-order valence-electron chi connectivity index (χ3n) is 6.63. The van der Waals surface area contributed by atoms with Gasteiger partial charge < -0.3 is 19.7 Å². The van der Waals surface area contributed by atoms with Crippen LogP contribution in [-0.2, 0) is 32.8 Å². The van der Waals surface area contributed by atoms with Gasteiger partial charge in [0.1, 0.15) is 10.1 Å². The van der Waals surface area contributed by atoms with Crippen molar-refractivity contribution in [2.24, 2.45) is 0 Å². The van der Waals surface area contributed by atoms with Gasteiger partial charge in [0.05, 0.1) is 30.4 Å². The average Bonchev–Trinajstić information content (AvgIpc) is 3.17. The largest absolute Gasteiger partial charge is 0.482 e. The average molecular weight is 538 g/mol. The Balaban J connectivity index is 1.46. The van der Waals surface area contributed by atoms with Crippen molar-refractivity contribution >= 4 is 51.9 Å². The summed E-state index contributed by atoms with van der Waals surface area (Å²) in [7, 11) is 0. The lowest BCUT2D eigenvalue weighted by molar-refractivity contribution is -0.121. The molecule has 0 unspecified atom stereocenters. The fraction of sp³-hybridized carbons (Fsp3) is 0.393. The number of hydrogen-bond acceptors (Lipinski definition) is 7. The molecule has 0 saturated carbocycles. The van der Waals surface area contributed by atoms with Crippen LogP contribution >= 0.6 is 24.0 Å². The van der Waals surface area contributed by atoms with E-state index in [2.05, 4.69) is 49.2 Å². The van der Waals surface area contributed by atoms with E-state index in [-0.39, 0.29) is 23.8 Å². The monoisotopic (exact) mass is 537 g/mol. The van der Waals surface area contributed by atoms with Gasteiger partial charge in [-0.3, -0.25) is 14.5 Å². The van der Waals surface area contributed by atoms with Gasteiger partial charge in [-0.25, -0.2) is 0 Å². The van der Waals surface area contributed by atoms with Gasteiger partial charge in [0.25, 0.3) is 11.8 Å². The zero-order valence-corrected chi connectivity index (χ0v) is 23.0.